The average Bonchev–Trinajstić information content (AvgIpc) is 3.38. The van der Waals surface area contributed by atoms with Crippen LogP contribution in [-0.2, 0) is 11.2 Å². The monoisotopic (exact) mass is 424 g/mol. The quantitative estimate of drug-likeness (QED) is 0.760. The van der Waals surface area contributed by atoms with E-state index in [4.69, 9.17) is 20.8 Å². The highest BCUT2D eigenvalue weighted by atomic mass is 35.5. The molecule has 1 N–H and O–H groups in total. The van der Waals surface area contributed by atoms with Gasteiger partial charge in [-0.3, -0.25) is 9.79 Å². The molecule has 2 aromatic rings. The highest BCUT2D eigenvalue weighted by Gasteiger charge is 2.35. The number of furan rings is 1. The first kappa shape index (κ1) is 20.2. The fourth-order valence-electron chi connectivity index (χ4n) is 3.91. The number of amides is 1. The van der Waals surface area contributed by atoms with Gasteiger partial charge >= 0.3 is 0 Å². The van der Waals surface area contributed by atoms with Crippen molar-refractivity contribution in [3.63, 3.8) is 0 Å². The molecule has 4 rings (SSSR count). The number of allylic oxidation sites excluding steroid dienone is 1. The molecule has 1 unspecified atom stereocenters. The summed E-state index contributed by atoms with van der Waals surface area (Å²) < 4.78 is 11.8. The first-order valence-electron chi connectivity index (χ1n) is 9.72. The molecule has 8 heteroatoms. The van der Waals surface area contributed by atoms with E-state index in [0.717, 1.165) is 18.7 Å². The summed E-state index contributed by atoms with van der Waals surface area (Å²) in [5, 5.41) is 13.0. The molecule has 0 aliphatic carbocycles. The maximum Gasteiger partial charge on any atom is 0.264 e. The molecule has 0 bridgehead atoms. The molecule has 1 fully saturated rings. The second kappa shape index (κ2) is 8.34. The van der Waals surface area contributed by atoms with Crippen LogP contribution in [0.1, 0.15) is 29.6 Å². The van der Waals surface area contributed by atoms with Gasteiger partial charge in [-0.25, -0.2) is 0 Å². The normalized spacial score (nSPS) is 18.5. The number of hydrogen-bond donors (Lipinski definition) is 1. The summed E-state index contributed by atoms with van der Waals surface area (Å²) >= 11 is 6.39. The molecule has 0 radical (unpaired) electrons. The van der Waals surface area contributed by atoms with Crippen LogP contribution in [0.15, 0.2) is 33.7 Å². The van der Waals surface area contributed by atoms with E-state index in [9.17, 15) is 10.1 Å². The number of fused-ring (bicyclic) bond motifs is 1. The van der Waals surface area contributed by atoms with Crippen LogP contribution in [-0.4, -0.2) is 49.8 Å². The summed E-state index contributed by atoms with van der Waals surface area (Å²) in [5.41, 5.74) is 2.69. The van der Waals surface area contributed by atoms with Crippen molar-refractivity contribution in [2.45, 2.75) is 19.4 Å². The summed E-state index contributed by atoms with van der Waals surface area (Å²) in [4.78, 5) is 18.8. The first-order chi connectivity index (χ1) is 14.5. The summed E-state index contributed by atoms with van der Waals surface area (Å²) in [5.74, 6) is 1.13. The molecule has 1 amide bonds. The fourth-order valence-corrected chi connectivity index (χ4v) is 4.15. The van der Waals surface area contributed by atoms with Crippen molar-refractivity contribution in [2.24, 2.45) is 4.99 Å². The van der Waals surface area contributed by atoms with Crippen molar-refractivity contribution in [2.75, 3.05) is 26.2 Å². The van der Waals surface area contributed by atoms with Crippen molar-refractivity contribution in [1.82, 2.24) is 10.2 Å². The van der Waals surface area contributed by atoms with Gasteiger partial charge in [-0.15, -0.1) is 0 Å². The van der Waals surface area contributed by atoms with Crippen molar-refractivity contribution in [3.8, 4) is 11.8 Å². The van der Waals surface area contributed by atoms with E-state index < -0.39 is 6.10 Å². The van der Waals surface area contributed by atoms with E-state index in [1.54, 1.807) is 6.07 Å². The Hall–Kier alpha value is -3.08. The molecule has 0 spiro atoms. The molecule has 2 aliphatic heterocycles. The topological polar surface area (TPSA) is 90.9 Å². The molecular formula is C22H21ClN4O3. The fraction of sp³-hybridized carbons (Fsp3) is 0.318. The lowest BCUT2D eigenvalue weighted by atomic mass is 9.98. The average molecular weight is 425 g/mol. The predicted octanol–water partition coefficient (Wildman–Crippen LogP) is 3.32. The Kier molecular flexibility index (Phi) is 5.62. The van der Waals surface area contributed by atoms with Crippen LogP contribution in [0.5, 0.6) is 5.75 Å². The lowest BCUT2D eigenvalue weighted by Crippen LogP contribution is -2.50. The molecule has 1 atom stereocenters. The third-order valence-corrected chi connectivity index (χ3v) is 5.53. The number of halogens is 1. The van der Waals surface area contributed by atoms with Crippen LogP contribution >= 0.6 is 11.6 Å². The summed E-state index contributed by atoms with van der Waals surface area (Å²) in [7, 11) is 0. The first-order valence-corrected chi connectivity index (χ1v) is 10.1. The summed E-state index contributed by atoms with van der Waals surface area (Å²) in [6.45, 7) is 8.31. The van der Waals surface area contributed by atoms with E-state index in [1.807, 2.05) is 30.0 Å². The van der Waals surface area contributed by atoms with Gasteiger partial charge in [0.2, 0.25) is 5.76 Å². The predicted molar refractivity (Wildman–Crippen MR) is 114 cm³/mol. The van der Waals surface area contributed by atoms with Gasteiger partial charge in [-0.1, -0.05) is 17.7 Å². The molecule has 1 aromatic carbocycles. The van der Waals surface area contributed by atoms with E-state index in [2.05, 4.69) is 17.0 Å². The minimum Gasteiger partial charge on any atom is -0.479 e. The second-order valence-corrected chi connectivity index (χ2v) is 7.56. The number of nitrogens with zero attached hydrogens (tertiary/aromatic N) is 3. The number of benzene rings is 1. The Morgan fingerprint density at radius 3 is 2.83 bits per heavy atom. The van der Waals surface area contributed by atoms with Crippen LogP contribution in [0.25, 0.3) is 5.57 Å². The van der Waals surface area contributed by atoms with Gasteiger partial charge < -0.3 is 19.4 Å². The Labute approximate surface area is 179 Å². The smallest absolute Gasteiger partial charge is 0.264 e. The number of hydrogen-bond acceptors (Lipinski definition) is 6. The molecule has 1 aromatic heterocycles. The largest absolute Gasteiger partial charge is 0.479 e. The maximum atomic E-state index is 13.0. The molecule has 3 heterocycles. The highest BCUT2D eigenvalue weighted by molar-refractivity contribution is 6.31. The van der Waals surface area contributed by atoms with Crippen LogP contribution in [0.3, 0.4) is 0 Å². The highest BCUT2D eigenvalue weighted by Crippen LogP contribution is 2.43. The molecule has 0 saturated carbocycles. The molecule has 30 heavy (non-hydrogen) atoms. The number of carbonyl (C=O) groups excluding carboxylic acids is 1. The van der Waals surface area contributed by atoms with Crippen molar-refractivity contribution < 1.29 is 13.9 Å². The molecule has 2 aliphatic rings. The van der Waals surface area contributed by atoms with Gasteiger partial charge in [0, 0.05) is 60.4 Å². The number of piperazine rings is 1. The molecular weight excluding hydrogens is 404 g/mol. The van der Waals surface area contributed by atoms with Gasteiger partial charge in [0.25, 0.3) is 5.91 Å². The number of carbonyl (C=O) groups is 1. The lowest BCUT2D eigenvalue weighted by molar-refractivity contribution is -0.138. The number of nitrogens with one attached hydrogen (secondary N) is 1. The van der Waals surface area contributed by atoms with Gasteiger partial charge in [0.1, 0.15) is 17.5 Å². The lowest BCUT2D eigenvalue weighted by Gasteiger charge is -2.29. The molecule has 154 valence electrons. The summed E-state index contributed by atoms with van der Waals surface area (Å²) in [6.07, 6.45) is 1.71. The zero-order valence-corrected chi connectivity index (χ0v) is 17.3. The minimum absolute atomic E-state index is 0.0185. The Morgan fingerprint density at radius 1 is 1.40 bits per heavy atom. The standard InChI is InChI=1S/C22H21ClN4O3/c1-3-16(21-18(25-2)11-15(12-24)29-21)17-10-14(23)8-13-9-19(30-20(13)17)22(28)27-6-4-26-5-7-27/h3,8,10-11,19,26H,2,4-7,9H2,1H3/b16-3-. The van der Waals surface area contributed by atoms with Crippen molar-refractivity contribution in [1.29, 1.82) is 5.26 Å². The van der Waals surface area contributed by atoms with Gasteiger partial charge in [0.15, 0.2) is 11.9 Å². The Bertz CT molecular complexity index is 1080. The third-order valence-electron chi connectivity index (χ3n) is 5.32. The SMILES string of the molecule is C=Nc1cc(C#N)oc1/C(=C\C)c1cc(Cl)cc2c1OC(C(=O)N1CCNCC1)C2. The molecule has 1 saturated heterocycles. The van der Waals surface area contributed by atoms with E-state index in [1.165, 1.54) is 6.07 Å². The molecule has 7 nitrogen and oxygen atoms in total. The number of nitriles is 1. The van der Waals surface area contributed by atoms with Crippen molar-refractivity contribution >= 4 is 35.5 Å². The zero-order chi connectivity index (χ0) is 21.3. The van der Waals surface area contributed by atoms with E-state index in [-0.39, 0.29) is 11.7 Å². The second-order valence-electron chi connectivity index (χ2n) is 7.12. The van der Waals surface area contributed by atoms with Gasteiger partial charge in [-0.2, -0.15) is 5.26 Å². The number of ether oxygens (including phenoxy) is 1. The Balaban J connectivity index is 1.71. The number of aliphatic imine (C=N–C) groups is 1. The van der Waals surface area contributed by atoms with Crippen LogP contribution in [0, 0.1) is 11.3 Å². The van der Waals surface area contributed by atoms with Gasteiger partial charge in [0.05, 0.1) is 0 Å². The zero-order valence-electron chi connectivity index (χ0n) is 16.6. The minimum atomic E-state index is -0.586. The number of rotatable bonds is 4. The van der Waals surface area contributed by atoms with Crippen LogP contribution in [0.2, 0.25) is 5.02 Å². The maximum absolute atomic E-state index is 13.0. The van der Waals surface area contributed by atoms with E-state index >= 15 is 0 Å². The van der Waals surface area contributed by atoms with Crippen molar-refractivity contribution in [3.05, 3.63) is 51.9 Å². The summed E-state index contributed by atoms with van der Waals surface area (Å²) in [6, 6.07) is 7.12. The van der Waals surface area contributed by atoms with Crippen LogP contribution in [0.4, 0.5) is 5.69 Å². The Morgan fingerprint density at radius 2 is 2.17 bits per heavy atom. The van der Waals surface area contributed by atoms with Crippen LogP contribution < -0.4 is 10.1 Å². The van der Waals surface area contributed by atoms with Gasteiger partial charge in [-0.05, 0) is 25.8 Å². The third kappa shape index (κ3) is 3.60. The van der Waals surface area contributed by atoms with E-state index in [0.29, 0.717) is 52.9 Å².